The van der Waals surface area contributed by atoms with Gasteiger partial charge in [0.25, 0.3) is 11.8 Å². The van der Waals surface area contributed by atoms with Gasteiger partial charge in [-0.25, -0.2) is 0 Å². The Balaban J connectivity index is 2.14. The van der Waals surface area contributed by atoms with Gasteiger partial charge in [0.2, 0.25) is 0 Å². The molecule has 18 heavy (non-hydrogen) atoms. The molecule has 0 saturated carbocycles. The van der Waals surface area contributed by atoms with E-state index in [-0.39, 0.29) is 12.5 Å². The largest absolute Gasteiger partial charge is 0.378 e. The van der Waals surface area contributed by atoms with Crippen LogP contribution in [0.4, 0.5) is 0 Å². The number of nitrogens with zero attached hydrogens (tertiary/aromatic N) is 1. The fourth-order valence-corrected chi connectivity index (χ4v) is 2.42. The number of primary amides is 1. The summed E-state index contributed by atoms with van der Waals surface area (Å²) in [5.74, 6) is -1.03. The van der Waals surface area contributed by atoms with Gasteiger partial charge in [-0.2, -0.15) is 0 Å². The van der Waals surface area contributed by atoms with Gasteiger partial charge in [-0.15, -0.1) is 0 Å². The zero-order valence-electron chi connectivity index (χ0n) is 9.65. The fourth-order valence-electron chi connectivity index (χ4n) is 2.07. The molecule has 1 aliphatic rings. The van der Waals surface area contributed by atoms with E-state index in [1.807, 2.05) is 0 Å². The van der Waals surface area contributed by atoms with E-state index in [0.29, 0.717) is 25.1 Å². The van der Waals surface area contributed by atoms with Crippen molar-refractivity contribution in [2.75, 3.05) is 13.1 Å². The zero-order chi connectivity index (χ0) is 13.3. The molecule has 2 heterocycles. The molecule has 2 rings (SSSR count). The standard InChI is InChI=1S/C11H14BrN3O3/c12-7-4-8(14-5-7)9(16)15-3-1-2-11(18,6-15)10(13)17/h4-5,14,18H,1-3,6H2,(H2,13,17). The maximum absolute atomic E-state index is 12.1. The molecular weight excluding hydrogens is 302 g/mol. The number of β-amino-alcohol motifs (C(OH)–C–C–N with tert-alkyl or cyclic N) is 1. The summed E-state index contributed by atoms with van der Waals surface area (Å²) in [5.41, 5.74) is 3.96. The first-order chi connectivity index (χ1) is 8.42. The summed E-state index contributed by atoms with van der Waals surface area (Å²) in [5, 5.41) is 10.0. The predicted octanol–water partition coefficient (Wildman–Crippen LogP) is 0.230. The van der Waals surface area contributed by atoms with E-state index in [1.165, 1.54) is 4.90 Å². The van der Waals surface area contributed by atoms with E-state index >= 15 is 0 Å². The SMILES string of the molecule is NC(=O)C1(O)CCCN(C(=O)c2cc(Br)c[nH]2)C1. The van der Waals surface area contributed by atoms with Crippen LogP contribution in [0.1, 0.15) is 23.3 Å². The summed E-state index contributed by atoms with van der Waals surface area (Å²) >= 11 is 3.24. The minimum absolute atomic E-state index is 0.0577. The zero-order valence-corrected chi connectivity index (χ0v) is 11.2. The van der Waals surface area contributed by atoms with Gasteiger partial charge < -0.3 is 20.7 Å². The molecule has 1 unspecified atom stereocenters. The maximum atomic E-state index is 12.1. The number of piperidine rings is 1. The molecule has 0 bridgehead atoms. The summed E-state index contributed by atoms with van der Waals surface area (Å²) in [4.78, 5) is 27.6. The van der Waals surface area contributed by atoms with Crippen LogP contribution in [0.3, 0.4) is 0 Å². The smallest absolute Gasteiger partial charge is 0.270 e. The second kappa shape index (κ2) is 4.74. The first kappa shape index (κ1) is 13.1. The van der Waals surface area contributed by atoms with E-state index in [0.717, 1.165) is 4.47 Å². The van der Waals surface area contributed by atoms with Crippen molar-refractivity contribution in [3.63, 3.8) is 0 Å². The summed E-state index contributed by atoms with van der Waals surface area (Å²) in [6.45, 7) is 0.447. The Kier molecular flexibility index (Phi) is 3.45. The predicted molar refractivity (Wildman–Crippen MR) is 67.8 cm³/mol. The van der Waals surface area contributed by atoms with Crippen molar-refractivity contribution >= 4 is 27.7 Å². The van der Waals surface area contributed by atoms with Crippen molar-refractivity contribution in [1.29, 1.82) is 0 Å². The molecule has 1 saturated heterocycles. The molecule has 98 valence electrons. The molecule has 4 N–H and O–H groups in total. The lowest BCUT2D eigenvalue weighted by Crippen LogP contribution is -2.57. The molecule has 6 nitrogen and oxygen atoms in total. The van der Waals surface area contributed by atoms with Crippen LogP contribution in [0.15, 0.2) is 16.7 Å². The second-order valence-electron chi connectivity index (χ2n) is 4.46. The van der Waals surface area contributed by atoms with E-state index in [1.54, 1.807) is 12.3 Å². The van der Waals surface area contributed by atoms with Crippen LogP contribution in [-0.4, -0.2) is 45.5 Å². The van der Waals surface area contributed by atoms with Crippen molar-refractivity contribution in [1.82, 2.24) is 9.88 Å². The number of carbonyl (C=O) groups excluding carboxylic acids is 2. The number of carbonyl (C=O) groups is 2. The first-order valence-corrected chi connectivity index (χ1v) is 6.37. The highest BCUT2D eigenvalue weighted by atomic mass is 79.9. The Hall–Kier alpha value is -1.34. The highest BCUT2D eigenvalue weighted by molar-refractivity contribution is 9.10. The number of aromatic nitrogens is 1. The number of hydrogen-bond donors (Lipinski definition) is 3. The summed E-state index contributed by atoms with van der Waals surface area (Å²) in [6, 6.07) is 1.65. The van der Waals surface area contributed by atoms with Gasteiger partial charge in [-0.05, 0) is 34.8 Å². The van der Waals surface area contributed by atoms with Gasteiger partial charge in [0, 0.05) is 17.2 Å². The van der Waals surface area contributed by atoms with E-state index in [9.17, 15) is 14.7 Å². The monoisotopic (exact) mass is 315 g/mol. The number of aliphatic hydroxyl groups is 1. The molecule has 1 fully saturated rings. The third kappa shape index (κ3) is 2.41. The van der Waals surface area contributed by atoms with Crippen molar-refractivity contribution in [3.05, 3.63) is 22.4 Å². The number of amides is 2. The first-order valence-electron chi connectivity index (χ1n) is 5.58. The number of H-pyrrole nitrogens is 1. The van der Waals surface area contributed by atoms with E-state index < -0.39 is 11.5 Å². The van der Waals surface area contributed by atoms with Crippen LogP contribution in [0.2, 0.25) is 0 Å². The number of rotatable bonds is 2. The normalized spacial score (nSPS) is 24.0. The molecular formula is C11H14BrN3O3. The molecule has 0 aromatic carbocycles. The van der Waals surface area contributed by atoms with E-state index in [4.69, 9.17) is 5.73 Å². The van der Waals surface area contributed by atoms with Crippen LogP contribution in [0, 0.1) is 0 Å². The maximum Gasteiger partial charge on any atom is 0.270 e. The number of hydrogen-bond acceptors (Lipinski definition) is 3. The van der Waals surface area contributed by atoms with Gasteiger partial charge >= 0.3 is 0 Å². The lowest BCUT2D eigenvalue weighted by molar-refractivity contribution is -0.140. The lowest BCUT2D eigenvalue weighted by Gasteiger charge is -2.36. The fraction of sp³-hybridized carbons (Fsp3) is 0.455. The Morgan fingerprint density at radius 3 is 2.83 bits per heavy atom. The second-order valence-corrected chi connectivity index (χ2v) is 5.37. The van der Waals surface area contributed by atoms with Crippen molar-refractivity contribution in [2.24, 2.45) is 5.73 Å². The summed E-state index contributed by atoms with van der Waals surface area (Å²) in [6.07, 6.45) is 2.49. The summed E-state index contributed by atoms with van der Waals surface area (Å²) in [7, 11) is 0. The van der Waals surface area contributed by atoms with Gasteiger partial charge in [-0.1, -0.05) is 0 Å². The van der Waals surface area contributed by atoms with Gasteiger partial charge in [0.15, 0.2) is 5.60 Å². The minimum atomic E-state index is -1.61. The van der Waals surface area contributed by atoms with Crippen molar-refractivity contribution in [3.8, 4) is 0 Å². The average Bonchev–Trinajstić information content (AvgIpc) is 2.75. The third-order valence-corrected chi connectivity index (χ3v) is 3.55. The molecule has 1 aromatic rings. The molecule has 1 aliphatic heterocycles. The van der Waals surface area contributed by atoms with Crippen molar-refractivity contribution in [2.45, 2.75) is 18.4 Å². The van der Waals surface area contributed by atoms with Crippen molar-refractivity contribution < 1.29 is 14.7 Å². The van der Waals surface area contributed by atoms with Crippen LogP contribution in [0.25, 0.3) is 0 Å². The quantitative estimate of drug-likeness (QED) is 0.728. The molecule has 2 amide bonds. The molecule has 0 radical (unpaired) electrons. The number of nitrogens with two attached hydrogens (primary N) is 1. The Morgan fingerprint density at radius 2 is 2.28 bits per heavy atom. The minimum Gasteiger partial charge on any atom is -0.378 e. The number of likely N-dealkylation sites (tertiary alicyclic amines) is 1. The molecule has 0 spiro atoms. The number of aromatic amines is 1. The molecule has 7 heteroatoms. The average molecular weight is 316 g/mol. The number of nitrogens with one attached hydrogen (secondary N) is 1. The Morgan fingerprint density at radius 1 is 1.56 bits per heavy atom. The van der Waals surface area contributed by atoms with E-state index in [2.05, 4.69) is 20.9 Å². The third-order valence-electron chi connectivity index (χ3n) is 3.09. The molecule has 1 atom stereocenters. The van der Waals surface area contributed by atoms with Crippen LogP contribution in [-0.2, 0) is 4.79 Å². The highest BCUT2D eigenvalue weighted by Crippen LogP contribution is 2.22. The van der Waals surface area contributed by atoms with Crippen LogP contribution in [0.5, 0.6) is 0 Å². The Bertz CT molecular complexity index is 488. The number of halogens is 1. The lowest BCUT2D eigenvalue weighted by atomic mass is 9.92. The molecule has 1 aromatic heterocycles. The van der Waals surface area contributed by atoms with Gasteiger partial charge in [0.05, 0.1) is 6.54 Å². The summed E-state index contributed by atoms with van der Waals surface area (Å²) < 4.78 is 0.771. The van der Waals surface area contributed by atoms with Gasteiger partial charge in [-0.3, -0.25) is 9.59 Å². The Labute approximate surface area is 112 Å². The highest BCUT2D eigenvalue weighted by Gasteiger charge is 2.40. The van der Waals surface area contributed by atoms with Gasteiger partial charge in [0.1, 0.15) is 5.69 Å². The van der Waals surface area contributed by atoms with Crippen LogP contribution >= 0.6 is 15.9 Å². The topological polar surface area (TPSA) is 99.4 Å². The van der Waals surface area contributed by atoms with Crippen LogP contribution < -0.4 is 5.73 Å². The molecule has 0 aliphatic carbocycles.